The van der Waals surface area contributed by atoms with E-state index in [9.17, 15) is 8.78 Å². The molecule has 23 heavy (non-hydrogen) atoms. The van der Waals surface area contributed by atoms with Crippen LogP contribution in [0, 0.1) is 11.6 Å². The average Bonchev–Trinajstić information content (AvgIpc) is 2.96. The largest absolute Gasteiger partial charge is 0.371 e. The van der Waals surface area contributed by atoms with Gasteiger partial charge in [-0.25, -0.2) is 8.78 Å². The van der Waals surface area contributed by atoms with Gasteiger partial charge in [0.05, 0.1) is 6.20 Å². The fraction of sp³-hybridized carbons (Fsp3) is 0.471. The van der Waals surface area contributed by atoms with Crippen LogP contribution in [0.4, 0.5) is 14.5 Å². The van der Waals surface area contributed by atoms with Crippen LogP contribution >= 0.6 is 0 Å². The molecule has 3 rings (SSSR count). The molecule has 0 bridgehead atoms. The van der Waals surface area contributed by atoms with Crippen molar-refractivity contribution >= 4 is 5.69 Å². The van der Waals surface area contributed by atoms with Crippen molar-refractivity contribution in [2.75, 3.05) is 24.5 Å². The lowest BCUT2D eigenvalue weighted by molar-refractivity contribution is 0.417. The lowest BCUT2D eigenvalue weighted by Gasteiger charge is -2.34. The summed E-state index contributed by atoms with van der Waals surface area (Å²) in [6, 6.07) is 4.61. The van der Waals surface area contributed by atoms with Gasteiger partial charge in [0.1, 0.15) is 0 Å². The molecule has 0 unspecified atom stereocenters. The maximum Gasteiger partial charge on any atom is 0.160 e. The molecule has 1 N–H and O–H groups in total. The third-order valence-electron chi connectivity index (χ3n) is 4.37. The van der Waals surface area contributed by atoms with Crippen LogP contribution in [0.5, 0.6) is 0 Å². The number of anilines is 1. The summed E-state index contributed by atoms with van der Waals surface area (Å²) in [7, 11) is 1.92. The highest BCUT2D eigenvalue weighted by atomic mass is 19.2. The molecule has 1 fully saturated rings. The zero-order chi connectivity index (χ0) is 16.2. The first-order valence-electron chi connectivity index (χ1n) is 8.03. The van der Waals surface area contributed by atoms with Crippen LogP contribution in [0.25, 0.3) is 0 Å². The number of benzene rings is 1. The number of aromatic nitrogens is 2. The molecular weight excluding hydrogens is 298 g/mol. The van der Waals surface area contributed by atoms with E-state index in [1.165, 1.54) is 17.7 Å². The second-order valence-electron chi connectivity index (χ2n) is 6.09. The number of piperidine rings is 1. The monoisotopic (exact) mass is 320 g/mol. The van der Waals surface area contributed by atoms with Gasteiger partial charge in [0.25, 0.3) is 0 Å². The van der Waals surface area contributed by atoms with E-state index in [1.54, 1.807) is 6.07 Å². The van der Waals surface area contributed by atoms with Gasteiger partial charge < -0.3 is 10.2 Å². The number of nitrogens with one attached hydrogen (secondary N) is 1. The second-order valence-corrected chi connectivity index (χ2v) is 6.09. The Labute approximate surface area is 135 Å². The Kier molecular flexibility index (Phi) is 4.91. The summed E-state index contributed by atoms with van der Waals surface area (Å²) in [4.78, 5) is 2.11. The Hall–Kier alpha value is -1.95. The maximum absolute atomic E-state index is 13.3. The standard InChI is InChI=1S/C17H22F2N4/c1-22-12-13(11-21-22)4-7-20-14-5-8-23(9-6-14)15-2-3-16(18)17(19)10-15/h2-3,10-12,14,20H,4-9H2,1H3. The minimum atomic E-state index is -0.791. The van der Waals surface area contributed by atoms with Crippen LogP contribution in [0.3, 0.4) is 0 Å². The van der Waals surface area contributed by atoms with E-state index >= 15 is 0 Å². The predicted molar refractivity (Wildman–Crippen MR) is 86.5 cm³/mol. The SMILES string of the molecule is Cn1cc(CCNC2CCN(c3ccc(F)c(F)c3)CC2)cn1. The number of aryl methyl sites for hydroxylation is 1. The highest BCUT2D eigenvalue weighted by Gasteiger charge is 2.19. The van der Waals surface area contributed by atoms with Crippen LogP contribution in [-0.2, 0) is 13.5 Å². The number of hydrogen-bond acceptors (Lipinski definition) is 3. The zero-order valence-electron chi connectivity index (χ0n) is 13.3. The first-order valence-corrected chi connectivity index (χ1v) is 8.03. The highest BCUT2D eigenvalue weighted by molar-refractivity contribution is 5.47. The Bertz CT molecular complexity index is 648. The lowest BCUT2D eigenvalue weighted by Crippen LogP contribution is -2.43. The Morgan fingerprint density at radius 3 is 2.65 bits per heavy atom. The van der Waals surface area contributed by atoms with Crippen LogP contribution in [0.2, 0.25) is 0 Å². The Balaban J connectivity index is 1.43. The fourth-order valence-corrected chi connectivity index (χ4v) is 3.05. The van der Waals surface area contributed by atoms with Crippen LogP contribution in [0.15, 0.2) is 30.6 Å². The van der Waals surface area contributed by atoms with Crippen LogP contribution < -0.4 is 10.2 Å². The van der Waals surface area contributed by atoms with Crippen molar-refractivity contribution in [3.63, 3.8) is 0 Å². The van der Waals surface area contributed by atoms with Crippen molar-refractivity contribution in [2.45, 2.75) is 25.3 Å². The third-order valence-corrected chi connectivity index (χ3v) is 4.37. The molecule has 0 radical (unpaired) electrons. The van der Waals surface area contributed by atoms with Crippen LogP contribution in [-0.4, -0.2) is 35.5 Å². The molecule has 0 atom stereocenters. The Morgan fingerprint density at radius 1 is 1.22 bits per heavy atom. The number of hydrogen-bond donors (Lipinski definition) is 1. The van der Waals surface area contributed by atoms with E-state index in [2.05, 4.69) is 15.3 Å². The smallest absolute Gasteiger partial charge is 0.160 e. The third kappa shape index (κ3) is 4.07. The van der Waals surface area contributed by atoms with Crippen LogP contribution in [0.1, 0.15) is 18.4 Å². The molecule has 1 aliphatic rings. The summed E-state index contributed by atoms with van der Waals surface area (Å²) in [6.45, 7) is 2.65. The van der Waals surface area contributed by atoms with Gasteiger partial charge in [0, 0.05) is 44.1 Å². The predicted octanol–water partition coefficient (Wildman–Crippen LogP) is 2.50. The Morgan fingerprint density at radius 2 is 2.00 bits per heavy atom. The summed E-state index contributed by atoms with van der Waals surface area (Å²) in [6.07, 6.45) is 6.91. The number of rotatable bonds is 5. The normalized spacial score (nSPS) is 16.0. The van der Waals surface area contributed by atoms with Crippen molar-refractivity contribution in [3.8, 4) is 0 Å². The van der Waals surface area contributed by atoms with E-state index in [0.717, 1.165) is 44.6 Å². The summed E-state index contributed by atoms with van der Waals surface area (Å²) in [5.41, 5.74) is 2.00. The van der Waals surface area contributed by atoms with Gasteiger partial charge in [-0.15, -0.1) is 0 Å². The van der Waals surface area contributed by atoms with E-state index in [4.69, 9.17) is 0 Å². The molecule has 0 saturated carbocycles. The van der Waals surface area contributed by atoms with Gasteiger partial charge in [-0.05, 0) is 43.5 Å². The van der Waals surface area contributed by atoms with Crippen molar-refractivity contribution in [1.82, 2.24) is 15.1 Å². The average molecular weight is 320 g/mol. The molecule has 2 heterocycles. The number of halogens is 2. The van der Waals surface area contributed by atoms with E-state index in [-0.39, 0.29) is 0 Å². The van der Waals surface area contributed by atoms with Crippen molar-refractivity contribution < 1.29 is 8.78 Å². The number of nitrogens with zero attached hydrogens (tertiary/aromatic N) is 3. The summed E-state index contributed by atoms with van der Waals surface area (Å²) >= 11 is 0. The minimum Gasteiger partial charge on any atom is -0.371 e. The van der Waals surface area contributed by atoms with E-state index in [0.29, 0.717) is 6.04 Å². The molecule has 1 aromatic carbocycles. The first-order chi connectivity index (χ1) is 11.1. The molecule has 0 spiro atoms. The summed E-state index contributed by atoms with van der Waals surface area (Å²) in [5, 5.41) is 7.74. The molecule has 1 aromatic heterocycles. The molecule has 6 heteroatoms. The van der Waals surface area contributed by atoms with E-state index < -0.39 is 11.6 Å². The van der Waals surface area contributed by atoms with Crippen molar-refractivity contribution in [1.29, 1.82) is 0 Å². The maximum atomic E-state index is 13.3. The lowest BCUT2D eigenvalue weighted by atomic mass is 10.0. The molecule has 1 aliphatic heterocycles. The van der Waals surface area contributed by atoms with E-state index in [1.807, 2.05) is 24.1 Å². The second kappa shape index (κ2) is 7.08. The summed E-state index contributed by atoms with van der Waals surface area (Å²) in [5.74, 6) is -1.57. The summed E-state index contributed by atoms with van der Waals surface area (Å²) < 4.78 is 28.1. The van der Waals surface area contributed by atoms with Gasteiger partial charge in [0.2, 0.25) is 0 Å². The highest BCUT2D eigenvalue weighted by Crippen LogP contribution is 2.22. The molecular formula is C17H22F2N4. The molecule has 124 valence electrons. The molecule has 2 aromatic rings. The van der Waals surface area contributed by atoms with Crippen molar-refractivity contribution in [3.05, 3.63) is 47.8 Å². The molecule has 4 nitrogen and oxygen atoms in total. The minimum absolute atomic E-state index is 0.480. The van der Waals surface area contributed by atoms with Gasteiger partial charge in [-0.1, -0.05) is 0 Å². The fourth-order valence-electron chi connectivity index (χ4n) is 3.05. The van der Waals surface area contributed by atoms with Gasteiger partial charge >= 0.3 is 0 Å². The topological polar surface area (TPSA) is 33.1 Å². The van der Waals surface area contributed by atoms with Gasteiger partial charge in [-0.3, -0.25) is 4.68 Å². The zero-order valence-corrected chi connectivity index (χ0v) is 13.3. The van der Waals surface area contributed by atoms with Crippen molar-refractivity contribution in [2.24, 2.45) is 7.05 Å². The molecule has 0 amide bonds. The quantitative estimate of drug-likeness (QED) is 0.919. The molecule has 1 saturated heterocycles. The molecule has 0 aliphatic carbocycles. The van der Waals surface area contributed by atoms with Gasteiger partial charge in [0.15, 0.2) is 11.6 Å². The van der Waals surface area contributed by atoms with Gasteiger partial charge in [-0.2, -0.15) is 5.10 Å². The first kappa shape index (κ1) is 15.9.